The van der Waals surface area contributed by atoms with Crippen LogP contribution in [0, 0.1) is 6.92 Å². The van der Waals surface area contributed by atoms with E-state index < -0.39 is 5.60 Å². The molecule has 3 rings (SSSR count). The zero-order valence-electron chi connectivity index (χ0n) is 12.1. The van der Waals surface area contributed by atoms with Crippen molar-refractivity contribution in [1.29, 1.82) is 0 Å². The Morgan fingerprint density at radius 3 is 2.63 bits per heavy atom. The lowest BCUT2D eigenvalue weighted by Crippen LogP contribution is -2.45. The van der Waals surface area contributed by atoms with Crippen LogP contribution in [-0.2, 0) is 6.54 Å². The van der Waals surface area contributed by atoms with Crippen molar-refractivity contribution in [2.45, 2.75) is 70.7 Å². The average molecular weight is 264 g/mol. The van der Waals surface area contributed by atoms with Crippen LogP contribution in [0.2, 0.25) is 0 Å². The number of aliphatic hydroxyl groups is 1. The van der Waals surface area contributed by atoms with Crippen LogP contribution in [0.15, 0.2) is 0 Å². The topological polar surface area (TPSA) is 54.2 Å². The molecule has 1 atom stereocenters. The molecule has 5 nitrogen and oxygen atoms in total. The van der Waals surface area contributed by atoms with Gasteiger partial charge in [0, 0.05) is 12.1 Å². The summed E-state index contributed by atoms with van der Waals surface area (Å²) in [5.41, 5.74) is -0.643. The van der Waals surface area contributed by atoms with Crippen molar-refractivity contribution in [3.63, 3.8) is 0 Å². The fourth-order valence-electron chi connectivity index (χ4n) is 3.33. The zero-order chi connectivity index (χ0) is 13.6. The summed E-state index contributed by atoms with van der Waals surface area (Å²) in [5, 5.41) is 18.9. The Hall–Kier alpha value is -0.940. The van der Waals surface area contributed by atoms with Gasteiger partial charge < -0.3 is 9.67 Å². The summed E-state index contributed by atoms with van der Waals surface area (Å²) in [6.45, 7) is 7.71. The van der Waals surface area contributed by atoms with Crippen molar-refractivity contribution < 1.29 is 5.11 Å². The number of hydrogen-bond acceptors (Lipinski definition) is 4. The summed E-state index contributed by atoms with van der Waals surface area (Å²) < 4.78 is 2.29. The Balaban J connectivity index is 1.78. The molecule has 1 aromatic heterocycles. The van der Waals surface area contributed by atoms with Gasteiger partial charge >= 0.3 is 0 Å². The van der Waals surface area contributed by atoms with E-state index >= 15 is 0 Å². The molecule has 1 aromatic rings. The number of rotatable bonds is 4. The standard InChI is InChI=1S/C14H24N4O/c1-10-15-16-13(18(10)11-6-7-11)9-17-8-4-5-12(17)14(2,3)19/h11-12,19H,4-9H2,1-3H3. The van der Waals surface area contributed by atoms with E-state index in [2.05, 4.69) is 19.7 Å². The maximum atomic E-state index is 10.3. The number of nitrogens with zero attached hydrogens (tertiary/aromatic N) is 4. The molecule has 1 unspecified atom stereocenters. The highest BCUT2D eigenvalue weighted by atomic mass is 16.3. The lowest BCUT2D eigenvalue weighted by molar-refractivity contribution is -0.00608. The molecule has 2 heterocycles. The van der Waals surface area contributed by atoms with Crippen molar-refractivity contribution >= 4 is 0 Å². The van der Waals surface area contributed by atoms with Gasteiger partial charge in [-0.1, -0.05) is 0 Å². The van der Waals surface area contributed by atoms with Gasteiger partial charge in [0.2, 0.25) is 0 Å². The van der Waals surface area contributed by atoms with E-state index in [-0.39, 0.29) is 6.04 Å². The van der Waals surface area contributed by atoms with Gasteiger partial charge in [0.05, 0.1) is 12.1 Å². The zero-order valence-corrected chi connectivity index (χ0v) is 12.1. The van der Waals surface area contributed by atoms with E-state index in [1.165, 1.54) is 12.8 Å². The maximum Gasteiger partial charge on any atom is 0.147 e. The number of hydrogen-bond donors (Lipinski definition) is 1. The van der Waals surface area contributed by atoms with Gasteiger partial charge in [0.25, 0.3) is 0 Å². The van der Waals surface area contributed by atoms with Crippen LogP contribution >= 0.6 is 0 Å². The highest BCUT2D eigenvalue weighted by Gasteiger charge is 2.37. The fourth-order valence-corrected chi connectivity index (χ4v) is 3.33. The molecule has 19 heavy (non-hydrogen) atoms. The highest BCUT2D eigenvalue weighted by Crippen LogP contribution is 2.37. The molecule has 1 aliphatic carbocycles. The predicted octanol–water partition coefficient (Wildman–Crippen LogP) is 1.66. The summed E-state index contributed by atoms with van der Waals surface area (Å²) in [5.74, 6) is 2.09. The van der Waals surface area contributed by atoms with E-state index in [1.807, 2.05) is 20.8 Å². The van der Waals surface area contributed by atoms with Crippen LogP contribution in [0.5, 0.6) is 0 Å². The second-order valence-electron chi connectivity index (χ2n) is 6.55. The summed E-state index contributed by atoms with van der Waals surface area (Å²) in [6, 6.07) is 0.852. The molecule has 1 N–H and O–H groups in total. The van der Waals surface area contributed by atoms with E-state index in [1.54, 1.807) is 0 Å². The summed E-state index contributed by atoms with van der Waals surface area (Å²) >= 11 is 0. The first-order chi connectivity index (χ1) is 8.97. The molecule has 5 heteroatoms. The van der Waals surface area contributed by atoms with E-state index in [0.29, 0.717) is 6.04 Å². The third kappa shape index (κ3) is 2.54. The SMILES string of the molecule is Cc1nnc(CN2CCCC2C(C)(C)O)n1C1CC1. The Bertz CT molecular complexity index is 459. The lowest BCUT2D eigenvalue weighted by atomic mass is 9.97. The minimum Gasteiger partial charge on any atom is -0.389 e. The highest BCUT2D eigenvalue weighted by molar-refractivity contribution is 5.03. The molecule has 1 saturated heterocycles. The van der Waals surface area contributed by atoms with E-state index in [4.69, 9.17) is 0 Å². The van der Waals surface area contributed by atoms with Crippen molar-refractivity contribution in [2.75, 3.05) is 6.54 Å². The van der Waals surface area contributed by atoms with Crippen LogP contribution in [0.25, 0.3) is 0 Å². The molecule has 0 amide bonds. The maximum absolute atomic E-state index is 10.3. The van der Waals surface area contributed by atoms with Crippen LogP contribution < -0.4 is 0 Å². The number of aromatic nitrogens is 3. The second-order valence-corrected chi connectivity index (χ2v) is 6.55. The monoisotopic (exact) mass is 264 g/mol. The van der Waals surface area contributed by atoms with Gasteiger partial charge in [-0.2, -0.15) is 0 Å². The Morgan fingerprint density at radius 2 is 2.00 bits per heavy atom. The first-order valence-electron chi connectivity index (χ1n) is 7.33. The van der Waals surface area contributed by atoms with Crippen molar-refractivity contribution in [2.24, 2.45) is 0 Å². The normalized spacial score (nSPS) is 25.2. The van der Waals surface area contributed by atoms with Crippen molar-refractivity contribution in [1.82, 2.24) is 19.7 Å². The first-order valence-corrected chi connectivity index (χ1v) is 7.33. The van der Waals surface area contributed by atoms with Crippen LogP contribution in [-0.4, -0.2) is 43.0 Å². The summed E-state index contributed by atoms with van der Waals surface area (Å²) in [6.07, 6.45) is 4.73. The lowest BCUT2D eigenvalue weighted by Gasteiger charge is -2.33. The quantitative estimate of drug-likeness (QED) is 0.898. The molecule has 2 aliphatic rings. The van der Waals surface area contributed by atoms with Crippen LogP contribution in [0.1, 0.15) is 57.2 Å². The number of likely N-dealkylation sites (tertiary alicyclic amines) is 1. The minimum absolute atomic E-state index is 0.233. The molecule has 1 saturated carbocycles. The molecule has 0 spiro atoms. The van der Waals surface area contributed by atoms with E-state index in [9.17, 15) is 5.11 Å². The third-order valence-electron chi connectivity index (χ3n) is 4.37. The molecule has 106 valence electrons. The Labute approximate surface area is 114 Å². The molecular formula is C14H24N4O. The van der Waals surface area contributed by atoms with Gasteiger partial charge in [0.15, 0.2) is 0 Å². The van der Waals surface area contributed by atoms with Crippen LogP contribution in [0.4, 0.5) is 0 Å². The molecule has 0 bridgehead atoms. The van der Waals surface area contributed by atoms with Gasteiger partial charge in [-0.25, -0.2) is 0 Å². The molecule has 0 radical (unpaired) electrons. The minimum atomic E-state index is -0.643. The predicted molar refractivity (Wildman–Crippen MR) is 72.8 cm³/mol. The van der Waals surface area contributed by atoms with Gasteiger partial charge in [0.1, 0.15) is 11.6 Å². The Morgan fingerprint density at radius 1 is 1.26 bits per heavy atom. The second kappa shape index (κ2) is 4.56. The summed E-state index contributed by atoms with van der Waals surface area (Å²) in [4.78, 5) is 2.36. The van der Waals surface area contributed by atoms with Crippen molar-refractivity contribution in [3.8, 4) is 0 Å². The first kappa shape index (κ1) is 13.1. The van der Waals surface area contributed by atoms with Gasteiger partial charge in [-0.15, -0.1) is 10.2 Å². The summed E-state index contributed by atoms with van der Waals surface area (Å²) in [7, 11) is 0. The molecule has 1 aliphatic heterocycles. The smallest absolute Gasteiger partial charge is 0.147 e. The van der Waals surface area contributed by atoms with Gasteiger partial charge in [-0.3, -0.25) is 4.90 Å². The molecular weight excluding hydrogens is 240 g/mol. The Kier molecular flexibility index (Phi) is 3.14. The third-order valence-corrected chi connectivity index (χ3v) is 4.37. The van der Waals surface area contributed by atoms with Crippen LogP contribution in [0.3, 0.4) is 0 Å². The van der Waals surface area contributed by atoms with Crippen molar-refractivity contribution in [3.05, 3.63) is 11.6 Å². The largest absolute Gasteiger partial charge is 0.389 e. The number of aryl methyl sites for hydroxylation is 1. The molecule has 2 fully saturated rings. The fraction of sp³-hybridized carbons (Fsp3) is 0.857. The average Bonchev–Trinajstić information content (AvgIpc) is 2.91. The van der Waals surface area contributed by atoms with E-state index in [0.717, 1.165) is 37.6 Å². The molecule has 0 aromatic carbocycles. The van der Waals surface area contributed by atoms with Gasteiger partial charge in [-0.05, 0) is 53.0 Å².